The van der Waals surface area contributed by atoms with Crippen LogP contribution < -0.4 is 0 Å². The van der Waals surface area contributed by atoms with Gasteiger partial charge in [0.25, 0.3) is 5.89 Å². The second-order valence-electron chi connectivity index (χ2n) is 3.48. The van der Waals surface area contributed by atoms with Crippen LogP contribution >= 0.6 is 0 Å². The van der Waals surface area contributed by atoms with Crippen LogP contribution in [-0.2, 0) is 6.42 Å². The summed E-state index contributed by atoms with van der Waals surface area (Å²) in [6.07, 6.45) is 3.47. The molecule has 2 aromatic rings. The fourth-order valence-electron chi connectivity index (χ4n) is 1.55. The molecule has 2 aromatic heterocycles. The zero-order valence-electron chi connectivity index (χ0n) is 8.90. The van der Waals surface area contributed by atoms with Crippen molar-refractivity contribution in [2.24, 2.45) is 0 Å². The Morgan fingerprint density at radius 3 is 2.87 bits per heavy atom. The molecule has 0 saturated heterocycles. The lowest BCUT2D eigenvalue weighted by atomic mass is 10.1. The third kappa shape index (κ3) is 2.21. The quantitative estimate of drug-likeness (QED) is 0.768. The van der Waals surface area contributed by atoms with E-state index in [-0.39, 0.29) is 0 Å². The van der Waals surface area contributed by atoms with Gasteiger partial charge < -0.3 is 4.52 Å². The van der Waals surface area contributed by atoms with Gasteiger partial charge in [0.1, 0.15) is 0 Å². The van der Waals surface area contributed by atoms with Crippen LogP contribution in [-0.4, -0.2) is 15.1 Å². The molecule has 0 saturated carbocycles. The molecule has 0 fully saturated rings. The summed E-state index contributed by atoms with van der Waals surface area (Å²) in [5.74, 6) is 0.554. The summed E-state index contributed by atoms with van der Waals surface area (Å²) in [4.78, 5) is 8.47. The molecule has 0 aromatic carbocycles. The lowest BCUT2D eigenvalue weighted by Crippen LogP contribution is -1.93. The topological polar surface area (TPSA) is 51.8 Å². The number of pyridine rings is 1. The van der Waals surface area contributed by atoms with Crippen molar-refractivity contribution in [2.45, 2.75) is 26.7 Å². The van der Waals surface area contributed by atoms with Crippen molar-refractivity contribution in [3.8, 4) is 11.5 Å². The highest BCUT2D eigenvalue weighted by Crippen LogP contribution is 2.18. The minimum atomic E-state index is 0.554. The van der Waals surface area contributed by atoms with E-state index in [2.05, 4.69) is 22.0 Å². The lowest BCUT2D eigenvalue weighted by molar-refractivity contribution is 0.430. The highest BCUT2D eigenvalue weighted by molar-refractivity contribution is 5.53. The molecule has 4 nitrogen and oxygen atoms in total. The maximum Gasteiger partial charge on any atom is 0.257 e. The smallest absolute Gasteiger partial charge is 0.257 e. The van der Waals surface area contributed by atoms with E-state index in [1.807, 2.05) is 19.1 Å². The molecule has 0 bridgehead atoms. The molecule has 0 N–H and O–H groups in total. The van der Waals surface area contributed by atoms with Crippen molar-refractivity contribution in [3.63, 3.8) is 0 Å². The standard InChI is InChI=1S/C11H13N3O/c1-3-4-10-6-9(5-8(2)14-10)11-12-7-13-15-11/h5-7H,3-4H2,1-2H3. The van der Waals surface area contributed by atoms with E-state index in [1.54, 1.807) is 0 Å². The van der Waals surface area contributed by atoms with Crippen LogP contribution in [0.2, 0.25) is 0 Å². The number of hydrogen-bond donors (Lipinski definition) is 0. The Morgan fingerprint density at radius 1 is 1.33 bits per heavy atom. The summed E-state index contributed by atoms with van der Waals surface area (Å²) in [5, 5.41) is 3.60. The average molecular weight is 203 g/mol. The SMILES string of the molecule is CCCc1cc(-c2ncno2)cc(C)n1. The molecule has 0 unspecified atom stereocenters. The molecule has 2 rings (SSSR count). The van der Waals surface area contributed by atoms with E-state index in [9.17, 15) is 0 Å². The van der Waals surface area contributed by atoms with Crippen molar-refractivity contribution in [1.29, 1.82) is 0 Å². The van der Waals surface area contributed by atoms with Gasteiger partial charge in [-0.2, -0.15) is 4.98 Å². The summed E-state index contributed by atoms with van der Waals surface area (Å²) in [6.45, 7) is 4.11. The van der Waals surface area contributed by atoms with Gasteiger partial charge in [-0.3, -0.25) is 4.98 Å². The second kappa shape index (κ2) is 4.21. The van der Waals surface area contributed by atoms with Crippen molar-refractivity contribution >= 4 is 0 Å². The molecule has 4 heteroatoms. The minimum Gasteiger partial charge on any atom is -0.334 e. The van der Waals surface area contributed by atoms with Gasteiger partial charge >= 0.3 is 0 Å². The largest absolute Gasteiger partial charge is 0.334 e. The van der Waals surface area contributed by atoms with Crippen LogP contribution in [0.4, 0.5) is 0 Å². The van der Waals surface area contributed by atoms with Crippen LogP contribution in [0.25, 0.3) is 11.5 Å². The molecule has 0 spiro atoms. The number of rotatable bonds is 3. The monoisotopic (exact) mass is 203 g/mol. The van der Waals surface area contributed by atoms with Crippen LogP contribution in [0, 0.1) is 6.92 Å². The van der Waals surface area contributed by atoms with Crippen LogP contribution in [0.1, 0.15) is 24.7 Å². The average Bonchev–Trinajstić information content (AvgIpc) is 2.70. The number of hydrogen-bond acceptors (Lipinski definition) is 4. The summed E-state index contributed by atoms with van der Waals surface area (Å²) < 4.78 is 5.02. The predicted octanol–water partition coefficient (Wildman–Crippen LogP) is 2.39. The molecular weight excluding hydrogens is 190 g/mol. The lowest BCUT2D eigenvalue weighted by Gasteiger charge is -2.02. The van der Waals surface area contributed by atoms with Gasteiger partial charge in [0.15, 0.2) is 6.33 Å². The normalized spacial score (nSPS) is 10.5. The molecule has 78 valence electrons. The first-order valence-corrected chi connectivity index (χ1v) is 5.04. The van der Waals surface area contributed by atoms with Crippen LogP contribution in [0.3, 0.4) is 0 Å². The first kappa shape index (κ1) is 9.83. The van der Waals surface area contributed by atoms with E-state index < -0.39 is 0 Å². The molecule has 15 heavy (non-hydrogen) atoms. The van der Waals surface area contributed by atoms with Gasteiger partial charge in [0.05, 0.1) is 0 Å². The van der Waals surface area contributed by atoms with Gasteiger partial charge in [0, 0.05) is 17.0 Å². The Balaban J connectivity index is 2.40. The molecule has 0 atom stereocenters. The number of aryl methyl sites for hydroxylation is 2. The maximum atomic E-state index is 5.02. The Kier molecular flexibility index (Phi) is 2.76. The highest BCUT2D eigenvalue weighted by atomic mass is 16.5. The van der Waals surface area contributed by atoms with Gasteiger partial charge in [-0.15, -0.1) is 0 Å². The summed E-state index contributed by atoms with van der Waals surface area (Å²) in [5.41, 5.74) is 3.00. The molecule has 2 heterocycles. The van der Waals surface area contributed by atoms with Gasteiger partial charge in [-0.05, 0) is 25.5 Å². The Labute approximate surface area is 88.4 Å². The third-order valence-electron chi connectivity index (χ3n) is 2.12. The molecule has 0 aliphatic heterocycles. The number of nitrogens with zero attached hydrogens (tertiary/aromatic N) is 3. The highest BCUT2D eigenvalue weighted by Gasteiger charge is 2.06. The van der Waals surface area contributed by atoms with E-state index in [0.29, 0.717) is 5.89 Å². The van der Waals surface area contributed by atoms with Crippen molar-refractivity contribution in [3.05, 3.63) is 29.8 Å². The van der Waals surface area contributed by atoms with Crippen molar-refractivity contribution in [1.82, 2.24) is 15.1 Å². The Morgan fingerprint density at radius 2 is 2.20 bits per heavy atom. The first-order chi connectivity index (χ1) is 7.29. The Bertz CT molecular complexity index is 437. The summed E-state index contributed by atoms with van der Waals surface area (Å²) >= 11 is 0. The molecule has 0 aliphatic carbocycles. The fourth-order valence-corrected chi connectivity index (χ4v) is 1.55. The molecular formula is C11H13N3O. The van der Waals surface area contributed by atoms with Gasteiger partial charge in [-0.25, -0.2) is 0 Å². The van der Waals surface area contributed by atoms with E-state index in [4.69, 9.17) is 4.52 Å². The zero-order chi connectivity index (χ0) is 10.7. The van der Waals surface area contributed by atoms with Gasteiger partial charge in [0.2, 0.25) is 0 Å². The zero-order valence-corrected chi connectivity index (χ0v) is 8.90. The van der Waals surface area contributed by atoms with E-state index >= 15 is 0 Å². The second-order valence-corrected chi connectivity index (χ2v) is 3.48. The summed E-state index contributed by atoms with van der Waals surface area (Å²) in [7, 11) is 0. The fraction of sp³-hybridized carbons (Fsp3) is 0.364. The Hall–Kier alpha value is -1.71. The van der Waals surface area contributed by atoms with Gasteiger partial charge in [-0.1, -0.05) is 18.5 Å². The molecule has 0 radical (unpaired) electrons. The van der Waals surface area contributed by atoms with E-state index in [1.165, 1.54) is 6.33 Å². The molecule has 0 aliphatic rings. The first-order valence-electron chi connectivity index (χ1n) is 5.04. The van der Waals surface area contributed by atoms with Crippen LogP contribution in [0.5, 0.6) is 0 Å². The van der Waals surface area contributed by atoms with Crippen molar-refractivity contribution < 1.29 is 4.52 Å². The number of aromatic nitrogens is 3. The third-order valence-corrected chi connectivity index (χ3v) is 2.12. The van der Waals surface area contributed by atoms with Crippen molar-refractivity contribution in [2.75, 3.05) is 0 Å². The van der Waals surface area contributed by atoms with Crippen LogP contribution in [0.15, 0.2) is 23.0 Å². The maximum absolute atomic E-state index is 5.02. The summed E-state index contributed by atoms with van der Waals surface area (Å²) in [6, 6.07) is 3.96. The predicted molar refractivity (Wildman–Crippen MR) is 56.3 cm³/mol. The molecule has 0 amide bonds. The van der Waals surface area contributed by atoms with E-state index in [0.717, 1.165) is 29.8 Å². The minimum absolute atomic E-state index is 0.554.